The van der Waals surface area contributed by atoms with E-state index in [4.69, 9.17) is 0 Å². The van der Waals surface area contributed by atoms with Crippen LogP contribution in [0.25, 0.3) is 0 Å². The molecule has 0 radical (unpaired) electrons. The fourth-order valence-electron chi connectivity index (χ4n) is 2.96. The summed E-state index contributed by atoms with van der Waals surface area (Å²) in [6, 6.07) is 0.241. The van der Waals surface area contributed by atoms with Crippen molar-refractivity contribution in [1.29, 1.82) is 0 Å². The van der Waals surface area contributed by atoms with Gasteiger partial charge in [0, 0.05) is 17.4 Å². The highest BCUT2D eigenvalue weighted by atomic mass is 14.9. The summed E-state index contributed by atoms with van der Waals surface area (Å²) in [4.78, 5) is 0. The van der Waals surface area contributed by atoms with Crippen molar-refractivity contribution < 1.29 is 0 Å². The van der Waals surface area contributed by atoms with E-state index in [1.54, 1.807) is 6.20 Å². The molecule has 0 spiro atoms. The third-order valence-electron chi connectivity index (χ3n) is 4.89. The standard InChI is InChI=1S/C22H34N2/c1-9-22-15(3)12-11-13-21(22)14-16(4)18(6)24-20(8)17(5)19(7)23-10-2/h10,13-14,18,23-24H,2,8-9,11-12H2,1,3-7H3/b16-14+,19-17+. The van der Waals surface area contributed by atoms with Crippen LogP contribution in [0, 0.1) is 0 Å². The zero-order valence-corrected chi connectivity index (χ0v) is 16.3. The number of nitrogens with one attached hydrogen (secondary N) is 2. The molecule has 2 heteroatoms. The molecule has 1 unspecified atom stereocenters. The Hall–Kier alpha value is -1.96. The molecule has 0 saturated carbocycles. The maximum absolute atomic E-state index is 4.18. The van der Waals surface area contributed by atoms with Gasteiger partial charge >= 0.3 is 0 Å². The van der Waals surface area contributed by atoms with Crippen LogP contribution in [0.4, 0.5) is 0 Å². The number of allylic oxidation sites excluding steroid dienone is 7. The van der Waals surface area contributed by atoms with E-state index in [1.807, 2.05) is 6.92 Å². The fourth-order valence-corrected chi connectivity index (χ4v) is 2.96. The van der Waals surface area contributed by atoms with E-state index in [0.29, 0.717) is 0 Å². The Labute approximate surface area is 148 Å². The van der Waals surface area contributed by atoms with Crippen LogP contribution >= 0.6 is 0 Å². The van der Waals surface area contributed by atoms with Crippen LogP contribution in [0.3, 0.4) is 0 Å². The second kappa shape index (κ2) is 9.36. The van der Waals surface area contributed by atoms with E-state index in [1.165, 1.54) is 28.7 Å². The average Bonchev–Trinajstić information content (AvgIpc) is 2.54. The largest absolute Gasteiger partial charge is 0.379 e. The monoisotopic (exact) mass is 326 g/mol. The molecule has 1 rings (SSSR count). The zero-order chi connectivity index (χ0) is 18.3. The maximum Gasteiger partial charge on any atom is 0.0445 e. The van der Waals surface area contributed by atoms with Crippen molar-refractivity contribution in [3.05, 3.63) is 70.8 Å². The quantitative estimate of drug-likeness (QED) is 0.543. The Kier molecular flexibility index (Phi) is 7.84. The van der Waals surface area contributed by atoms with Crippen LogP contribution in [0.2, 0.25) is 0 Å². The molecule has 0 heterocycles. The van der Waals surface area contributed by atoms with E-state index < -0.39 is 0 Å². The summed E-state index contributed by atoms with van der Waals surface area (Å²) >= 11 is 0. The first-order valence-electron chi connectivity index (χ1n) is 8.89. The molecule has 0 saturated heterocycles. The van der Waals surface area contributed by atoms with Crippen molar-refractivity contribution in [2.24, 2.45) is 0 Å². The molecule has 24 heavy (non-hydrogen) atoms. The van der Waals surface area contributed by atoms with Crippen LogP contribution in [-0.2, 0) is 0 Å². The molecule has 1 aliphatic rings. The predicted molar refractivity (Wildman–Crippen MR) is 108 cm³/mol. The van der Waals surface area contributed by atoms with Crippen LogP contribution in [0.1, 0.15) is 60.8 Å². The fraction of sp³-hybridized carbons (Fsp3) is 0.455. The first kappa shape index (κ1) is 20.1. The van der Waals surface area contributed by atoms with Crippen molar-refractivity contribution in [3.8, 4) is 0 Å². The molecule has 0 aromatic heterocycles. The molecule has 2 N–H and O–H groups in total. The summed E-state index contributed by atoms with van der Waals surface area (Å²) in [5.41, 5.74) is 8.90. The number of hydrogen-bond donors (Lipinski definition) is 2. The Balaban J connectivity index is 2.86. The lowest BCUT2D eigenvalue weighted by Crippen LogP contribution is -2.27. The van der Waals surface area contributed by atoms with Gasteiger partial charge in [-0.05, 0) is 76.8 Å². The van der Waals surface area contributed by atoms with Gasteiger partial charge in [0.1, 0.15) is 0 Å². The van der Waals surface area contributed by atoms with Crippen molar-refractivity contribution >= 4 is 0 Å². The summed E-state index contributed by atoms with van der Waals surface area (Å²) < 4.78 is 0. The van der Waals surface area contributed by atoms with Crippen molar-refractivity contribution in [3.63, 3.8) is 0 Å². The Morgan fingerprint density at radius 1 is 1.33 bits per heavy atom. The van der Waals surface area contributed by atoms with Crippen LogP contribution in [0.5, 0.6) is 0 Å². The minimum atomic E-state index is 0.241. The second-order valence-corrected chi connectivity index (χ2v) is 6.64. The first-order chi connectivity index (χ1) is 11.3. The molecule has 0 aromatic carbocycles. The minimum absolute atomic E-state index is 0.241. The van der Waals surface area contributed by atoms with E-state index in [-0.39, 0.29) is 6.04 Å². The normalized spacial score (nSPS) is 17.8. The van der Waals surface area contributed by atoms with E-state index in [0.717, 1.165) is 29.8 Å². The molecule has 2 nitrogen and oxygen atoms in total. The van der Waals surface area contributed by atoms with Crippen LogP contribution in [0.15, 0.2) is 70.8 Å². The SMILES string of the molecule is C=CN/C(C)=C(\C)C(=C)NC(C)/C(C)=C/C1=CCCC(C)=C1CC. The smallest absolute Gasteiger partial charge is 0.0445 e. The predicted octanol–water partition coefficient (Wildman–Crippen LogP) is 5.90. The Morgan fingerprint density at radius 2 is 2.00 bits per heavy atom. The molecule has 0 fully saturated rings. The summed E-state index contributed by atoms with van der Waals surface area (Å²) in [6.07, 6.45) is 9.85. The summed E-state index contributed by atoms with van der Waals surface area (Å²) in [5, 5.41) is 6.64. The molecule has 132 valence electrons. The lowest BCUT2D eigenvalue weighted by Gasteiger charge is -2.22. The minimum Gasteiger partial charge on any atom is -0.379 e. The molecule has 0 bridgehead atoms. The molecule has 0 aromatic rings. The third-order valence-corrected chi connectivity index (χ3v) is 4.89. The lowest BCUT2D eigenvalue weighted by molar-refractivity contribution is 0.696. The Bertz CT molecular complexity index is 612. The van der Waals surface area contributed by atoms with E-state index in [9.17, 15) is 0 Å². The Morgan fingerprint density at radius 3 is 2.58 bits per heavy atom. The van der Waals surface area contributed by atoms with Gasteiger partial charge in [-0.2, -0.15) is 0 Å². The van der Waals surface area contributed by atoms with E-state index in [2.05, 4.69) is 70.6 Å². The molecular formula is C22H34N2. The van der Waals surface area contributed by atoms with Gasteiger partial charge in [0.15, 0.2) is 0 Å². The molecule has 0 amide bonds. The topological polar surface area (TPSA) is 24.1 Å². The highest BCUT2D eigenvalue weighted by Crippen LogP contribution is 2.29. The van der Waals surface area contributed by atoms with Gasteiger partial charge in [0.2, 0.25) is 0 Å². The van der Waals surface area contributed by atoms with Gasteiger partial charge < -0.3 is 10.6 Å². The number of rotatable bonds is 8. The first-order valence-corrected chi connectivity index (χ1v) is 8.89. The van der Waals surface area contributed by atoms with Gasteiger partial charge in [-0.15, -0.1) is 0 Å². The lowest BCUT2D eigenvalue weighted by atomic mass is 9.88. The zero-order valence-electron chi connectivity index (χ0n) is 16.3. The number of hydrogen-bond acceptors (Lipinski definition) is 2. The van der Waals surface area contributed by atoms with Gasteiger partial charge in [-0.1, -0.05) is 43.4 Å². The summed E-state index contributed by atoms with van der Waals surface area (Å²) in [7, 11) is 0. The summed E-state index contributed by atoms with van der Waals surface area (Å²) in [5.74, 6) is 0. The van der Waals surface area contributed by atoms with Gasteiger partial charge in [-0.25, -0.2) is 0 Å². The van der Waals surface area contributed by atoms with Crippen molar-refractivity contribution in [2.75, 3.05) is 0 Å². The average molecular weight is 327 g/mol. The molecule has 1 atom stereocenters. The van der Waals surface area contributed by atoms with E-state index >= 15 is 0 Å². The molecule has 0 aliphatic heterocycles. The van der Waals surface area contributed by atoms with Crippen LogP contribution < -0.4 is 10.6 Å². The van der Waals surface area contributed by atoms with Crippen molar-refractivity contribution in [2.45, 2.75) is 66.8 Å². The maximum atomic E-state index is 4.18. The van der Waals surface area contributed by atoms with Gasteiger partial charge in [0.05, 0.1) is 0 Å². The highest BCUT2D eigenvalue weighted by molar-refractivity contribution is 5.46. The third kappa shape index (κ3) is 5.30. The van der Waals surface area contributed by atoms with Gasteiger partial charge in [-0.3, -0.25) is 0 Å². The summed E-state index contributed by atoms with van der Waals surface area (Å²) in [6.45, 7) is 20.9. The van der Waals surface area contributed by atoms with Gasteiger partial charge in [0.25, 0.3) is 0 Å². The molecular weight excluding hydrogens is 292 g/mol. The second-order valence-electron chi connectivity index (χ2n) is 6.64. The highest BCUT2D eigenvalue weighted by Gasteiger charge is 2.12. The molecule has 1 aliphatic carbocycles. The van der Waals surface area contributed by atoms with Crippen molar-refractivity contribution in [1.82, 2.24) is 10.6 Å². The van der Waals surface area contributed by atoms with Crippen LogP contribution in [-0.4, -0.2) is 6.04 Å².